The Balaban J connectivity index is 2.86. The molecule has 0 fully saturated rings. The summed E-state index contributed by atoms with van der Waals surface area (Å²) in [6.07, 6.45) is 0.433. The lowest BCUT2D eigenvalue weighted by atomic mass is 10.1. The second-order valence-corrected chi connectivity index (χ2v) is 5.79. The number of benzene rings is 1. The molecule has 0 amide bonds. The summed E-state index contributed by atoms with van der Waals surface area (Å²) < 4.78 is 0. The van der Waals surface area contributed by atoms with E-state index in [0.717, 1.165) is 5.56 Å². The monoisotopic (exact) mass is 292 g/mol. The van der Waals surface area contributed by atoms with E-state index in [1.165, 1.54) is 0 Å². The van der Waals surface area contributed by atoms with Gasteiger partial charge in [-0.25, -0.2) is 0 Å². The molecule has 1 N–H and O–H groups in total. The van der Waals surface area contributed by atoms with Crippen LogP contribution in [-0.4, -0.2) is 23.2 Å². The minimum absolute atomic E-state index is 0.0226. The lowest BCUT2D eigenvalue weighted by molar-refractivity contribution is -0.117. The van der Waals surface area contributed by atoms with Gasteiger partial charge in [-0.3, -0.25) is 4.79 Å². The van der Waals surface area contributed by atoms with Crippen LogP contribution >= 0.6 is 35.0 Å². The van der Waals surface area contributed by atoms with E-state index in [1.54, 1.807) is 30.8 Å². The minimum atomic E-state index is 0.0226. The van der Waals surface area contributed by atoms with Crippen molar-refractivity contribution in [3.8, 4) is 0 Å². The Morgan fingerprint density at radius 1 is 1.41 bits per heavy atom. The Bertz CT molecular complexity index is 396. The van der Waals surface area contributed by atoms with Crippen LogP contribution in [0.15, 0.2) is 18.2 Å². The molecule has 1 rings (SSSR count). The number of hydrogen-bond acceptors (Lipinski definition) is 3. The number of Topliss-reactive ketones (excluding diaryl/α,β-unsaturated/α-hetero) is 1. The Kier molecular flexibility index (Phi) is 6.34. The van der Waals surface area contributed by atoms with E-state index in [0.29, 0.717) is 22.2 Å². The van der Waals surface area contributed by atoms with Crippen molar-refractivity contribution < 1.29 is 9.90 Å². The number of halogens is 2. The van der Waals surface area contributed by atoms with E-state index in [2.05, 4.69) is 0 Å². The van der Waals surface area contributed by atoms with Gasteiger partial charge in [0.25, 0.3) is 0 Å². The van der Waals surface area contributed by atoms with Gasteiger partial charge >= 0.3 is 0 Å². The van der Waals surface area contributed by atoms with Crippen LogP contribution in [0, 0.1) is 0 Å². The maximum Gasteiger partial charge on any atom is 0.131 e. The predicted molar refractivity (Wildman–Crippen MR) is 74.0 cm³/mol. The third-order valence-electron chi connectivity index (χ3n) is 2.20. The largest absolute Gasteiger partial charge is 0.396 e. The molecule has 1 aromatic rings. The van der Waals surface area contributed by atoms with Crippen molar-refractivity contribution in [1.29, 1.82) is 0 Å². The highest BCUT2D eigenvalue weighted by molar-refractivity contribution is 7.99. The lowest BCUT2D eigenvalue weighted by Crippen LogP contribution is -2.03. The molecule has 0 spiro atoms. The van der Waals surface area contributed by atoms with Crippen LogP contribution in [0.25, 0.3) is 0 Å². The minimum Gasteiger partial charge on any atom is -0.396 e. The summed E-state index contributed by atoms with van der Waals surface area (Å²) >= 11 is 13.3. The molecule has 0 bridgehead atoms. The maximum absolute atomic E-state index is 11.2. The number of thioether (sulfide) groups is 1. The molecule has 1 unspecified atom stereocenters. The van der Waals surface area contributed by atoms with Crippen molar-refractivity contribution in [3.63, 3.8) is 0 Å². The molecule has 1 aromatic carbocycles. The number of rotatable bonds is 6. The summed E-state index contributed by atoms with van der Waals surface area (Å²) in [5, 5.41) is 9.86. The highest BCUT2D eigenvalue weighted by Gasteiger charge is 2.15. The molecule has 2 nitrogen and oxygen atoms in total. The van der Waals surface area contributed by atoms with Crippen molar-refractivity contribution in [1.82, 2.24) is 0 Å². The second kappa shape index (κ2) is 7.27. The number of ketones is 1. The van der Waals surface area contributed by atoms with Crippen molar-refractivity contribution in [2.75, 3.05) is 12.4 Å². The van der Waals surface area contributed by atoms with Gasteiger partial charge < -0.3 is 5.11 Å². The topological polar surface area (TPSA) is 37.3 Å². The van der Waals surface area contributed by atoms with E-state index < -0.39 is 0 Å². The molecule has 0 saturated carbocycles. The summed E-state index contributed by atoms with van der Waals surface area (Å²) in [5.74, 6) is 0.713. The first-order valence-electron chi connectivity index (χ1n) is 5.21. The Morgan fingerprint density at radius 2 is 2.12 bits per heavy atom. The van der Waals surface area contributed by atoms with Crippen LogP contribution in [0.2, 0.25) is 10.0 Å². The smallest absolute Gasteiger partial charge is 0.131 e. The fraction of sp³-hybridized carbons (Fsp3) is 0.417. The number of aliphatic hydroxyl groups is 1. The maximum atomic E-state index is 11.2. The molecule has 0 aliphatic heterocycles. The fourth-order valence-corrected chi connectivity index (χ4v) is 2.83. The average Bonchev–Trinajstić information content (AvgIpc) is 2.27. The zero-order chi connectivity index (χ0) is 12.8. The molecule has 94 valence electrons. The van der Waals surface area contributed by atoms with Crippen molar-refractivity contribution in [2.24, 2.45) is 0 Å². The van der Waals surface area contributed by atoms with Gasteiger partial charge in [0.2, 0.25) is 0 Å². The first-order chi connectivity index (χ1) is 8.04. The zero-order valence-electron chi connectivity index (χ0n) is 9.45. The first kappa shape index (κ1) is 14.8. The molecule has 0 heterocycles. The van der Waals surface area contributed by atoms with Gasteiger partial charge in [-0.05, 0) is 24.6 Å². The average molecular weight is 293 g/mol. The van der Waals surface area contributed by atoms with Crippen LogP contribution in [0.4, 0.5) is 0 Å². The number of carbonyl (C=O) groups excluding carboxylic acids is 1. The molecule has 5 heteroatoms. The molecule has 1 atom stereocenters. The van der Waals surface area contributed by atoms with Crippen LogP contribution in [-0.2, 0) is 4.79 Å². The first-order valence-corrected chi connectivity index (χ1v) is 7.02. The second-order valence-electron chi connectivity index (χ2n) is 3.66. The van der Waals surface area contributed by atoms with Crippen molar-refractivity contribution >= 4 is 40.7 Å². The van der Waals surface area contributed by atoms with Crippen molar-refractivity contribution in [2.45, 2.75) is 18.6 Å². The quantitative estimate of drug-likeness (QED) is 0.868. The SMILES string of the molecule is CC(=O)CC(SCCO)c1ccc(Cl)c(Cl)c1. The van der Waals surface area contributed by atoms with Crippen molar-refractivity contribution in [3.05, 3.63) is 33.8 Å². The molecule has 0 radical (unpaired) electrons. The van der Waals surface area contributed by atoms with E-state index >= 15 is 0 Å². The van der Waals surface area contributed by atoms with Gasteiger partial charge in [0.15, 0.2) is 0 Å². The summed E-state index contributed by atoms with van der Waals surface area (Å²) in [7, 11) is 0. The third kappa shape index (κ3) is 4.88. The molecular formula is C12H14Cl2O2S. The van der Waals surface area contributed by atoms with Gasteiger partial charge in [-0.15, -0.1) is 0 Å². The van der Waals surface area contributed by atoms with Gasteiger partial charge in [-0.1, -0.05) is 29.3 Å². The van der Waals surface area contributed by atoms with Crippen LogP contribution in [0.1, 0.15) is 24.2 Å². The van der Waals surface area contributed by atoms with Crippen LogP contribution in [0.5, 0.6) is 0 Å². The van der Waals surface area contributed by atoms with Crippen LogP contribution in [0.3, 0.4) is 0 Å². The summed E-state index contributed by atoms with van der Waals surface area (Å²) in [5.41, 5.74) is 0.966. The molecule has 0 aromatic heterocycles. The third-order valence-corrected chi connectivity index (χ3v) is 4.20. The van der Waals surface area contributed by atoms with Gasteiger partial charge in [0.1, 0.15) is 5.78 Å². The molecule has 17 heavy (non-hydrogen) atoms. The highest BCUT2D eigenvalue weighted by atomic mass is 35.5. The molecule has 0 saturated heterocycles. The molecule has 0 aliphatic carbocycles. The van der Waals surface area contributed by atoms with E-state index in [-0.39, 0.29) is 17.6 Å². The molecule has 0 aliphatic rings. The normalized spacial score (nSPS) is 12.5. The Hall–Kier alpha value is -0.220. The van der Waals surface area contributed by atoms with Gasteiger partial charge in [0.05, 0.1) is 16.7 Å². The lowest BCUT2D eigenvalue weighted by Gasteiger charge is -2.15. The van der Waals surface area contributed by atoms with Gasteiger partial charge in [0, 0.05) is 17.4 Å². The van der Waals surface area contributed by atoms with Gasteiger partial charge in [-0.2, -0.15) is 11.8 Å². The number of carbonyl (C=O) groups is 1. The highest BCUT2D eigenvalue weighted by Crippen LogP contribution is 2.35. The summed E-state index contributed by atoms with van der Waals surface area (Å²) in [6.45, 7) is 1.66. The fourth-order valence-electron chi connectivity index (χ4n) is 1.44. The Labute approximate surface area is 115 Å². The van der Waals surface area contributed by atoms with E-state index in [1.807, 2.05) is 6.07 Å². The number of aliphatic hydroxyl groups excluding tert-OH is 1. The summed E-state index contributed by atoms with van der Waals surface area (Å²) in [6, 6.07) is 5.37. The molecular weight excluding hydrogens is 279 g/mol. The van der Waals surface area contributed by atoms with E-state index in [9.17, 15) is 4.79 Å². The Morgan fingerprint density at radius 3 is 2.65 bits per heavy atom. The van der Waals surface area contributed by atoms with Crippen LogP contribution < -0.4 is 0 Å². The standard InChI is InChI=1S/C12H14Cl2O2S/c1-8(16)6-12(17-5-4-15)9-2-3-10(13)11(14)7-9/h2-3,7,12,15H,4-6H2,1H3. The zero-order valence-corrected chi connectivity index (χ0v) is 11.8. The summed E-state index contributed by atoms with van der Waals surface area (Å²) in [4.78, 5) is 11.2. The predicted octanol–water partition coefficient (Wildman–Crippen LogP) is 3.74. The number of hydrogen-bond donors (Lipinski definition) is 1. The van der Waals surface area contributed by atoms with E-state index in [4.69, 9.17) is 28.3 Å².